The maximum Gasteiger partial charge on any atom is 0.270 e. The van der Waals surface area contributed by atoms with E-state index in [1.165, 1.54) is 25.3 Å². The Morgan fingerprint density at radius 3 is 2.69 bits per heavy atom. The van der Waals surface area contributed by atoms with Gasteiger partial charge in [-0.25, -0.2) is 0 Å². The van der Waals surface area contributed by atoms with E-state index in [2.05, 4.69) is 0 Å². The normalized spacial score (nSPS) is 10.7. The SMILES string of the molecule is COc1cc(C=C(C#N)c2cccc([N+](=O)[O-])c2)ccc1OCC(N)=O. The van der Waals surface area contributed by atoms with Gasteiger partial charge in [0.2, 0.25) is 0 Å². The quantitative estimate of drug-likeness (QED) is 0.352. The molecule has 0 saturated carbocycles. The van der Waals surface area contributed by atoms with Crippen LogP contribution in [-0.2, 0) is 4.79 Å². The number of rotatable bonds is 7. The summed E-state index contributed by atoms with van der Waals surface area (Å²) in [5, 5.41) is 20.3. The number of nitro groups is 1. The van der Waals surface area contributed by atoms with Crippen molar-refractivity contribution in [2.45, 2.75) is 0 Å². The highest BCUT2D eigenvalue weighted by Crippen LogP contribution is 2.30. The third-order valence-corrected chi connectivity index (χ3v) is 3.36. The Morgan fingerprint density at radius 2 is 2.08 bits per heavy atom. The van der Waals surface area contributed by atoms with Crippen molar-refractivity contribution in [1.29, 1.82) is 5.26 Å². The van der Waals surface area contributed by atoms with Gasteiger partial charge in [0.1, 0.15) is 0 Å². The maximum atomic E-state index is 10.9. The molecule has 0 aliphatic carbocycles. The Kier molecular flexibility index (Phi) is 5.90. The first-order chi connectivity index (χ1) is 12.4. The molecule has 0 spiro atoms. The van der Waals surface area contributed by atoms with Gasteiger partial charge in [0.25, 0.3) is 11.6 Å². The Morgan fingerprint density at radius 1 is 1.31 bits per heavy atom. The number of amides is 1. The molecule has 2 rings (SSSR count). The van der Waals surface area contributed by atoms with E-state index in [4.69, 9.17) is 15.2 Å². The van der Waals surface area contributed by atoms with Gasteiger partial charge in [-0.3, -0.25) is 14.9 Å². The molecule has 0 atom stereocenters. The molecule has 8 heteroatoms. The van der Waals surface area contributed by atoms with Crippen LogP contribution in [0.15, 0.2) is 42.5 Å². The minimum absolute atomic E-state index is 0.101. The second kappa shape index (κ2) is 8.30. The third kappa shape index (κ3) is 4.58. The van der Waals surface area contributed by atoms with Crippen LogP contribution in [0.25, 0.3) is 11.6 Å². The molecule has 2 N–H and O–H groups in total. The van der Waals surface area contributed by atoms with Crippen LogP contribution in [0.3, 0.4) is 0 Å². The first-order valence-electron chi connectivity index (χ1n) is 7.40. The molecule has 0 saturated heterocycles. The number of methoxy groups -OCH3 is 1. The number of nitro benzene ring substituents is 1. The summed E-state index contributed by atoms with van der Waals surface area (Å²) in [7, 11) is 1.44. The number of hydrogen-bond donors (Lipinski definition) is 1. The molecule has 0 aromatic heterocycles. The Balaban J connectivity index is 2.37. The predicted molar refractivity (Wildman–Crippen MR) is 94.3 cm³/mol. The van der Waals surface area contributed by atoms with E-state index in [0.717, 1.165) is 0 Å². The number of allylic oxidation sites excluding steroid dienone is 1. The molecule has 0 aliphatic heterocycles. The summed E-state index contributed by atoms with van der Waals surface area (Å²) in [6, 6.07) is 12.7. The van der Waals surface area contributed by atoms with Gasteiger partial charge >= 0.3 is 0 Å². The lowest BCUT2D eigenvalue weighted by atomic mass is 10.0. The maximum absolute atomic E-state index is 10.9. The first kappa shape index (κ1) is 18.5. The fourth-order valence-corrected chi connectivity index (χ4v) is 2.18. The Labute approximate surface area is 149 Å². The molecule has 0 radical (unpaired) electrons. The summed E-state index contributed by atoms with van der Waals surface area (Å²) in [6.07, 6.45) is 1.57. The summed E-state index contributed by atoms with van der Waals surface area (Å²) in [6.45, 7) is -0.289. The average molecular weight is 353 g/mol. The minimum Gasteiger partial charge on any atom is -0.493 e. The number of nitriles is 1. The number of carbonyl (C=O) groups excluding carboxylic acids is 1. The summed E-state index contributed by atoms with van der Waals surface area (Å²) in [5.41, 5.74) is 6.24. The lowest BCUT2D eigenvalue weighted by Crippen LogP contribution is -2.20. The van der Waals surface area contributed by atoms with Gasteiger partial charge in [0.15, 0.2) is 18.1 Å². The number of ether oxygens (including phenoxy) is 2. The fraction of sp³-hybridized carbons (Fsp3) is 0.111. The van der Waals surface area contributed by atoms with Crippen LogP contribution in [0.4, 0.5) is 5.69 Å². The molecular formula is C18H15N3O5. The number of hydrogen-bond acceptors (Lipinski definition) is 6. The van der Waals surface area contributed by atoms with Crippen LogP contribution in [0.1, 0.15) is 11.1 Å². The molecule has 0 unspecified atom stereocenters. The van der Waals surface area contributed by atoms with Crippen LogP contribution < -0.4 is 15.2 Å². The number of nitrogens with two attached hydrogens (primary N) is 1. The Bertz CT molecular complexity index is 915. The van der Waals surface area contributed by atoms with Crippen molar-refractivity contribution in [3.05, 3.63) is 63.7 Å². The van der Waals surface area contributed by atoms with Gasteiger partial charge in [-0.1, -0.05) is 18.2 Å². The predicted octanol–water partition coefficient (Wildman–Crippen LogP) is 2.53. The zero-order valence-electron chi connectivity index (χ0n) is 13.8. The van der Waals surface area contributed by atoms with Crippen molar-refractivity contribution in [3.63, 3.8) is 0 Å². The largest absolute Gasteiger partial charge is 0.493 e. The van der Waals surface area contributed by atoms with E-state index in [1.54, 1.807) is 30.3 Å². The van der Waals surface area contributed by atoms with Gasteiger partial charge in [0, 0.05) is 12.1 Å². The smallest absolute Gasteiger partial charge is 0.270 e. The molecule has 0 aliphatic rings. The van der Waals surface area contributed by atoms with E-state index < -0.39 is 10.8 Å². The van der Waals surface area contributed by atoms with Crippen molar-refractivity contribution >= 4 is 23.2 Å². The van der Waals surface area contributed by atoms with Gasteiger partial charge in [0.05, 0.1) is 23.7 Å². The second-order valence-corrected chi connectivity index (χ2v) is 5.14. The molecule has 132 valence electrons. The van der Waals surface area contributed by atoms with Gasteiger partial charge in [-0.05, 0) is 29.3 Å². The van der Waals surface area contributed by atoms with Crippen LogP contribution in [0.2, 0.25) is 0 Å². The highest BCUT2D eigenvalue weighted by molar-refractivity contribution is 5.90. The molecular weight excluding hydrogens is 338 g/mol. The van der Waals surface area contributed by atoms with Gasteiger partial charge < -0.3 is 15.2 Å². The van der Waals surface area contributed by atoms with Crippen LogP contribution in [0.5, 0.6) is 11.5 Å². The summed E-state index contributed by atoms with van der Waals surface area (Å²) in [5.74, 6) is 0.0714. The molecule has 2 aromatic carbocycles. The number of carbonyl (C=O) groups is 1. The van der Waals surface area contributed by atoms with E-state index >= 15 is 0 Å². The number of non-ortho nitro benzene ring substituents is 1. The van der Waals surface area contributed by atoms with E-state index in [0.29, 0.717) is 22.6 Å². The van der Waals surface area contributed by atoms with E-state index in [-0.39, 0.29) is 17.9 Å². The minimum atomic E-state index is -0.617. The topological polar surface area (TPSA) is 128 Å². The van der Waals surface area contributed by atoms with Crippen molar-refractivity contribution in [2.75, 3.05) is 13.7 Å². The van der Waals surface area contributed by atoms with Crippen LogP contribution in [-0.4, -0.2) is 24.5 Å². The highest BCUT2D eigenvalue weighted by atomic mass is 16.6. The van der Waals surface area contributed by atoms with E-state index in [9.17, 15) is 20.2 Å². The van der Waals surface area contributed by atoms with Crippen molar-refractivity contribution in [2.24, 2.45) is 5.73 Å². The lowest BCUT2D eigenvalue weighted by molar-refractivity contribution is -0.384. The standard InChI is InChI=1S/C18H15N3O5/c1-25-17-8-12(5-6-16(17)26-11-18(20)22)7-14(10-19)13-3-2-4-15(9-13)21(23)24/h2-9H,11H2,1H3,(H2,20,22). The molecule has 0 heterocycles. The van der Waals surface area contributed by atoms with Crippen molar-refractivity contribution in [3.8, 4) is 17.6 Å². The lowest BCUT2D eigenvalue weighted by Gasteiger charge is -2.10. The van der Waals surface area contributed by atoms with Crippen LogP contribution >= 0.6 is 0 Å². The highest BCUT2D eigenvalue weighted by Gasteiger charge is 2.10. The third-order valence-electron chi connectivity index (χ3n) is 3.36. The monoisotopic (exact) mass is 353 g/mol. The van der Waals surface area contributed by atoms with E-state index in [1.807, 2.05) is 6.07 Å². The zero-order valence-corrected chi connectivity index (χ0v) is 13.8. The average Bonchev–Trinajstić information content (AvgIpc) is 2.64. The molecule has 0 bridgehead atoms. The first-order valence-corrected chi connectivity index (χ1v) is 7.40. The Hall–Kier alpha value is -3.86. The zero-order chi connectivity index (χ0) is 19.1. The number of benzene rings is 2. The number of nitrogens with zero attached hydrogens (tertiary/aromatic N) is 2. The molecule has 2 aromatic rings. The summed E-state index contributed by atoms with van der Waals surface area (Å²) in [4.78, 5) is 21.2. The fourth-order valence-electron chi connectivity index (χ4n) is 2.18. The summed E-state index contributed by atoms with van der Waals surface area (Å²) >= 11 is 0. The van der Waals surface area contributed by atoms with Gasteiger partial charge in [-0.15, -0.1) is 0 Å². The number of primary amides is 1. The molecule has 26 heavy (non-hydrogen) atoms. The van der Waals surface area contributed by atoms with Crippen molar-refractivity contribution in [1.82, 2.24) is 0 Å². The molecule has 0 fully saturated rings. The van der Waals surface area contributed by atoms with Crippen LogP contribution in [0, 0.1) is 21.4 Å². The van der Waals surface area contributed by atoms with Crippen molar-refractivity contribution < 1.29 is 19.2 Å². The summed E-state index contributed by atoms with van der Waals surface area (Å²) < 4.78 is 10.5. The molecule has 8 nitrogen and oxygen atoms in total. The molecule has 1 amide bonds. The van der Waals surface area contributed by atoms with Gasteiger partial charge in [-0.2, -0.15) is 5.26 Å². The second-order valence-electron chi connectivity index (χ2n) is 5.14.